The molecule has 0 aromatic carbocycles. The molecule has 0 aromatic rings. The van der Waals surface area contributed by atoms with Crippen LogP contribution in [0.5, 0.6) is 0 Å². The van der Waals surface area contributed by atoms with Gasteiger partial charge in [0.2, 0.25) is 0 Å². The van der Waals surface area contributed by atoms with Crippen LogP contribution in [0.3, 0.4) is 0 Å². The maximum atomic E-state index is 11.9. The number of carboxylic acid groups (broad SMARTS) is 1. The summed E-state index contributed by atoms with van der Waals surface area (Å²) in [5.74, 6) is -1.36. The SMILES string of the molecule is CCC(C)[N+]([O-])(CC(=O)O)CP(=O)(O)O. The van der Waals surface area contributed by atoms with Crippen LogP contribution < -0.4 is 0 Å². The third-order valence-electron chi connectivity index (χ3n) is 2.22. The molecular formula is C7H16NO6P. The number of aliphatic carboxylic acids is 1. The summed E-state index contributed by atoms with van der Waals surface area (Å²) < 4.78 is 9.34. The van der Waals surface area contributed by atoms with Crippen LogP contribution in [-0.4, -0.2) is 44.4 Å². The first-order valence-corrected chi connectivity index (χ1v) is 6.24. The van der Waals surface area contributed by atoms with Crippen LogP contribution in [-0.2, 0) is 9.36 Å². The molecule has 0 heterocycles. The van der Waals surface area contributed by atoms with Crippen molar-refractivity contribution < 1.29 is 28.9 Å². The Kier molecular flexibility index (Phi) is 4.89. The van der Waals surface area contributed by atoms with Crippen molar-refractivity contribution in [3.05, 3.63) is 5.21 Å². The third kappa shape index (κ3) is 5.25. The molecule has 90 valence electrons. The van der Waals surface area contributed by atoms with E-state index in [1.807, 2.05) is 0 Å². The zero-order chi connectivity index (χ0) is 12.3. The van der Waals surface area contributed by atoms with Crippen LogP contribution in [0.1, 0.15) is 20.3 Å². The number of carbonyl (C=O) groups is 1. The van der Waals surface area contributed by atoms with Gasteiger partial charge in [0, 0.05) is 0 Å². The third-order valence-corrected chi connectivity index (χ3v) is 3.07. The zero-order valence-electron chi connectivity index (χ0n) is 8.66. The number of nitrogens with zero attached hydrogens (tertiary/aromatic N) is 1. The second-order valence-electron chi connectivity index (χ2n) is 3.57. The van der Waals surface area contributed by atoms with Crippen molar-refractivity contribution >= 4 is 13.6 Å². The fourth-order valence-corrected chi connectivity index (χ4v) is 2.22. The molecule has 0 fully saturated rings. The molecule has 0 amide bonds. The Balaban J connectivity index is 4.85. The average Bonchev–Trinajstić information content (AvgIpc) is 1.97. The van der Waals surface area contributed by atoms with Crippen molar-refractivity contribution in [3.8, 4) is 0 Å². The fraction of sp³-hybridized carbons (Fsp3) is 0.857. The number of quaternary nitrogens is 1. The van der Waals surface area contributed by atoms with Crippen molar-refractivity contribution in [1.29, 1.82) is 0 Å². The molecule has 15 heavy (non-hydrogen) atoms. The number of hydrogen-bond donors (Lipinski definition) is 3. The minimum Gasteiger partial charge on any atom is -0.632 e. The van der Waals surface area contributed by atoms with E-state index in [1.165, 1.54) is 6.92 Å². The molecule has 0 aliphatic rings. The van der Waals surface area contributed by atoms with Gasteiger partial charge in [0.15, 0.2) is 12.8 Å². The second kappa shape index (κ2) is 5.05. The van der Waals surface area contributed by atoms with E-state index in [9.17, 15) is 14.6 Å². The van der Waals surface area contributed by atoms with Gasteiger partial charge in [-0.15, -0.1) is 0 Å². The highest BCUT2D eigenvalue weighted by molar-refractivity contribution is 7.51. The monoisotopic (exact) mass is 241 g/mol. The molecule has 2 unspecified atom stereocenters. The first kappa shape index (κ1) is 14.5. The smallest absolute Gasteiger partial charge is 0.379 e. The van der Waals surface area contributed by atoms with E-state index in [0.29, 0.717) is 6.42 Å². The standard InChI is InChI=1S/C7H16NO6P/c1-3-6(2)8(11,4-7(9)10)5-15(12,13)14/h6H,3-5H2,1-2H3,(H,9,10)(H2,12,13,14). The van der Waals surface area contributed by atoms with Crippen LogP contribution in [0.4, 0.5) is 0 Å². The summed E-state index contributed by atoms with van der Waals surface area (Å²) in [5, 5.41) is 20.4. The van der Waals surface area contributed by atoms with Crippen LogP contribution in [0.2, 0.25) is 0 Å². The maximum absolute atomic E-state index is 11.9. The Morgan fingerprint density at radius 2 is 2.00 bits per heavy atom. The van der Waals surface area contributed by atoms with Gasteiger partial charge in [0.05, 0.1) is 6.04 Å². The molecule has 0 spiro atoms. The lowest BCUT2D eigenvalue weighted by Gasteiger charge is -2.45. The molecule has 0 aliphatic heterocycles. The number of carboxylic acids is 1. The van der Waals surface area contributed by atoms with Crippen LogP contribution in [0, 0.1) is 5.21 Å². The van der Waals surface area contributed by atoms with Gasteiger partial charge in [0.1, 0.15) is 0 Å². The molecule has 3 N–H and O–H groups in total. The van der Waals surface area contributed by atoms with E-state index in [1.54, 1.807) is 6.92 Å². The van der Waals surface area contributed by atoms with E-state index < -0.39 is 37.1 Å². The summed E-state index contributed by atoms with van der Waals surface area (Å²) in [6.07, 6.45) is -0.634. The van der Waals surface area contributed by atoms with Gasteiger partial charge < -0.3 is 24.7 Å². The lowest BCUT2D eigenvalue weighted by Crippen LogP contribution is -2.52. The quantitative estimate of drug-likeness (QED) is 0.350. The molecule has 7 nitrogen and oxygen atoms in total. The molecule has 2 atom stereocenters. The first-order valence-electron chi connectivity index (χ1n) is 4.45. The van der Waals surface area contributed by atoms with Crippen molar-refractivity contribution in [2.45, 2.75) is 26.3 Å². The largest absolute Gasteiger partial charge is 0.632 e. The highest BCUT2D eigenvalue weighted by atomic mass is 31.2. The molecule has 8 heteroatoms. The lowest BCUT2D eigenvalue weighted by atomic mass is 10.2. The van der Waals surface area contributed by atoms with Gasteiger partial charge in [-0.2, -0.15) is 0 Å². The van der Waals surface area contributed by atoms with E-state index >= 15 is 0 Å². The summed E-state index contributed by atoms with van der Waals surface area (Å²) >= 11 is 0. The van der Waals surface area contributed by atoms with Gasteiger partial charge in [-0.25, -0.2) is 4.79 Å². The molecule has 0 aromatic heterocycles. The van der Waals surface area contributed by atoms with Crippen LogP contribution >= 0.6 is 7.60 Å². The summed E-state index contributed by atoms with van der Waals surface area (Å²) in [6.45, 7) is 2.31. The van der Waals surface area contributed by atoms with E-state index in [4.69, 9.17) is 14.9 Å². The van der Waals surface area contributed by atoms with Gasteiger partial charge in [-0.1, -0.05) is 6.92 Å². The normalized spacial score (nSPS) is 18.2. The first-order chi connectivity index (χ1) is 6.60. The highest BCUT2D eigenvalue weighted by Gasteiger charge is 2.34. The van der Waals surface area contributed by atoms with Crippen molar-refractivity contribution in [2.75, 3.05) is 12.8 Å². The van der Waals surface area contributed by atoms with E-state index in [-0.39, 0.29) is 0 Å². The second-order valence-corrected chi connectivity index (χ2v) is 5.18. The molecule has 0 aliphatic carbocycles. The van der Waals surface area contributed by atoms with E-state index in [2.05, 4.69) is 0 Å². The molecular weight excluding hydrogens is 225 g/mol. The van der Waals surface area contributed by atoms with Gasteiger partial charge in [0.25, 0.3) is 0 Å². The summed E-state index contributed by atoms with van der Waals surface area (Å²) in [4.78, 5) is 27.9. The minimum absolute atomic E-state index is 0.358. The Labute approximate surface area is 87.7 Å². The Morgan fingerprint density at radius 3 is 2.27 bits per heavy atom. The number of hydrogen-bond acceptors (Lipinski definition) is 3. The van der Waals surface area contributed by atoms with Gasteiger partial charge in [-0.05, 0) is 13.3 Å². The Bertz CT molecular complexity index is 277. The average molecular weight is 241 g/mol. The number of rotatable bonds is 6. The van der Waals surface area contributed by atoms with Crippen LogP contribution in [0.15, 0.2) is 0 Å². The van der Waals surface area contributed by atoms with Gasteiger partial charge >= 0.3 is 13.6 Å². The summed E-state index contributed by atoms with van der Waals surface area (Å²) in [6, 6.07) is -0.659. The Morgan fingerprint density at radius 1 is 1.53 bits per heavy atom. The molecule has 0 bridgehead atoms. The summed E-state index contributed by atoms with van der Waals surface area (Å²) in [7, 11) is -4.51. The van der Waals surface area contributed by atoms with Crippen molar-refractivity contribution in [1.82, 2.24) is 0 Å². The van der Waals surface area contributed by atoms with Crippen molar-refractivity contribution in [3.63, 3.8) is 0 Å². The minimum atomic E-state index is -4.51. The molecule has 0 saturated carbocycles. The zero-order valence-corrected chi connectivity index (χ0v) is 9.55. The molecule has 0 rings (SSSR count). The predicted octanol–water partition coefficient (Wildman–Crippen LogP) is 0.319. The maximum Gasteiger partial charge on any atom is 0.379 e. The lowest BCUT2D eigenvalue weighted by molar-refractivity contribution is -0.886. The van der Waals surface area contributed by atoms with Crippen LogP contribution in [0.25, 0.3) is 0 Å². The fourth-order valence-electron chi connectivity index (χ4n) is 1.22. The summed E-state index contributed by atoms with van der Waals surface area (Å²) in [5.41, 5.74) is 0. The Hall–Kier alpha value is -0.460. The molecule has 0 radical (unpaired) electrons. The number of hydroxylamine groups is 3. The van der Waals surface area contributed by atoms with E-state index in [0.717, 1.165) is 0 Å². The van der Waals surface area contributed by atoms with Gasteiger partial charge in [-0.3, -0.25) is 4.57 Å². The predicted molar refractivity (Wildman–Crippen MR) is 52.8 cm³/mol. The highest BCUT2D eigenvalue weighted by Crippen LogP contribution is 2.39. The van der Waals surface area contributed by atoms with Crippen molar-refractivity contribution in [2.24, 2.45) is 0 Å². The molecule has 0 saturated heterocycles. The topological polar surface area (TPSA) is 118 Å².